The fourth-order valence-electron chi connectivity index (χ4n) is 2.03. The van der Waals surface area contributed by atoms with Gasteiger partial charge in [0.2, 0.25) is 3.79 Å². The number of hydrogen-bond acceptors (Lipinski definition) is 0. The standard InChI is InChI=1S/C12H10Cl5/c13-11(14,12(15,16)17)10-6-5-8-3-1-2-4-9(8)7-10/h1-4,7,10H,5-6H2. The highest BCUT2D eigenvalue weighted by Crippen LogP contribution is 2.53. The van der Waals surface area contributed by atoms with Gasteiger partial charge in [-0.2, -0.15) is 0 Å². The molecular weight excluding hydrogens is 321 g/mol. The lowest BCUT2D eigenvalue weighted by Crippen LogP contribution is -2.41. The second-order valence-corrected chi connectivity index (χ2v) is 7.80. The first-order valence-electron chi connectivity index (χ1n) is 5.19. The summed E-state index contributed by atoms with van der Waals surface area (Å²) >= 11 is 29.9. The maximum absolute atomic E-state index is 6.20. The first kappa shape index (κ1) is 14.1. The number of rotatable bonds is 1. The number of alkyl halides is 5. The molecule has 0 N–H and O–H groups in total. The molecule has 1 aliphatic rings. The minimum atomic E-state index is -1.70. The molecule has 0 aromatic heterocycles. The summed E-state index contributed by atoms with van der Waals surface area (Å²) in [6.07, 6.45) is 3.65. The van der Waals surface area contributed by atoms with E-state index in [1.54, 1.807) is 0 Å². The third-order valence-electron chi connectivity index (χ3n) is 3.00. The molecule has 0 amide bonds. The molecule has 0 aliphatic heterocycles. The van der Waals surface area contributed by atoms with Crippen molar-refractivity contribution in [1.29, 1.82) is 0 Å². The molecule has 1 radical (unpaired) electrons. The van der Waals surface area contributed by atoms with E-state index in [2.05, 4.69) is 6.07 Å². The van der Waals surface area contributed by atoms with Crippen molar-refractivity contribution >= 4 is 58.0 Å². The van der Waals surface area contributed by atoms with Crippen LogP contribution in [0, 0.1) is 12.3 Å². The largest absolute Gasteiger partial charge is 0.223 e. The highest BCUT2D eigenvalue weighted by atomic mass is 35.6. The van der Waals surface area contributed by atoms with Crippen molar-refractivity contribution in [2.75, 3.05) is 0 Å². The fraction of sp³-hybridized carbons (Fsp3) is 0.417. The van der Waals surface area contributed by atoms with Crippen LogP contribution in [-0.2, 0) is 6.42 Å². The molecule has 0 fully saturated rings. The summed E-state index contributed by atoms with van der Waals surface area (Å²) in [4.78, 5) is 0. The Labute approximate surface area is 126 Å². The van der Waals surface area contributed by atoms with E-state index in [1.807, 2.05) is 24.6 Å². The van der Waals surface area contributed by atoms with Gasteiger partial charge in [0.25, 0.3) is 0 Å². The second kappa shape index (κ2) is 4.98. The molecular formula is C12H10Cl5. The van der Waals surface area contributed by atoms with Crippen LogP contribution in [-0.4, -0.2) is 8.13 Å². The first-order valence-corrected chi connectivity index (χ1v) is 7.08. The number of benzene rings is 1. The van der Waals surface area contributed by atoms with Gasteiger partial charge in [-0.3, -0.25) is 0 Å². The third kappa shape index (κ3) is 2.82. The molecule has 2 rings (SSSR count). The van der Waals surface area contributed by atoms with Crippen molar-refractivity contribution in [2.24, 2.45) is 5.92 Å². The van der Waals surface area contributed by atoms with Crippen LogP contribution in [0.5, 0.6) is 0 Å². The maximum Gasteiger partial charge on any atom is 0.223 e. The quantitative estimate of drug-likeness (QED) is 0.609. The zero-order chi connectivity index (χ0) is 12.7. The summed E-state index contributed by atoms with van der Waals surface area (Å²) < 4.78 is -3.12. The molecule has 93 valence electrons. The molecule has 0 saturated heterocycles. The number of hydrogen-bond donors (Lipinski definition) is 0. The SMILES string of the molecule is ClC(Cl)(Cl)C(Cl)(Cl)C1[CH]c2ccccc2CC1. The van der Waals surface area contributed by atoms with Crippen molar-refractivity contribution in [3.05, 3.63) is 41.8 Å². The lowest BCUT2D eigenvalue weighted by Gasteiger charge is -2.37. The van der Waals surface area contributed by atoms with Gasteiger partial charge in [-0.15, -0.1) is 0 Å². The van der Waals surface area contributed by atoms with Gasteiger partial charge in [0.15, 0.2) is 4.33 Å². The topological polar surface area (TPSA) is 0 Å². The summed E-state index contributed by atoms with van der Waals surface area (Å²) in [6, 6.07) is 8.08. The van der Waals surface area contributed by atoms with E-state index < -0.39 is 8.13 Å². The van der Waals surface area contributed by atoms with Gasteiger partial charge in [-0.1, -0.05) is 82.3 Å². The molecule has 1 aromatic carbocycles. The van der Waals surface area contributed by atoms with Crippen molar-refractivity contribution < 1.29 is 0 Å². The molecule has 17 heavy (non-hydrogen) atoms. The maximum atomic E-state index is 6.20. The van der Waals surface area contributed by atoms with E-state index in [4.69, 9.17) is 58.0 Å². The van der Waals surface area contributed by atoms with Crippen LogP contribution >= 0.6 is 58.0 Å². The lowest BCUT2D eigenvalue weighted by atomic mass is 9.82. The van der Waals surface area contributed by atoms with Gasteiger partial charge < -0.3 is 0 Å². The molecule has 0 bridgehead atoms. The van der Waals surface area contributed by atoms with E-state index in [-0.39, 0.29) is 5.92 Å². The number of aryl methyl sites for hydroxylation is 1. The summed E-state index contributed by atoms with van der Waals surface area (Å²) in [7, 11) is 0. The Balaban J connectivity index is 2.23. The Morgan fingerprint density at radius 1 is 1.00 bits per heavy atom. The lowest BCUT2D eigenvalue weighted by molar-refractivity contribution is 0.479. The predicted octanol–water partition coefficient (Wildman–Crippen LogP) is 5.35. The summed E-state index contributed by atoms with van der Waals surface area (Å²) in [6.45, 7) is 0. The summed E-state index contributed by atoms with van der Waals surface area (Å²) in [5.74, 6) is -0.173. The van der Waals surface area contributed by atoms with Gasteiger partial charge in [-0.25, -0.2) is 0 Å². The Hall–Kier alpha value is 0.670. The number of halogens is 5. The van der Waals surface area contributed by atoms with Crippen molar-refractivity contribution in [3.8, 4) is 0 Å². The highest BCUT2D eigenvalue weighted by Gasteiger charge is 2.51. The molecule has 0 heterocycles. The zero-order valence-corrected chi connectivity index (χ0v) is 12.5. The fourth-order valence-corrected chi connectivity index (χ4v) is 2.80. The van der Waals surface area contributed by atoms with E-state index >= 15 is 0 Å². The van der Waals surface area contributed by atoms with Crippen LogP contribution in [0.1, 0.15) is 17.5 Å². The monoisotopic (exact) mass is 329 g/mol. The second-order valence-electron chi connectivity index (χ2n) is 4.13. The van der Waals surface area contributed by atoms with Gasteiger partial charge in [-0.05, 0) is 30.4 Å². The third-order valence-corrected chi connectivity index (χ3v) is 5.61. The predicted molar refractivity (Wildman–Crippen MR) is 76.4 cm³/mol. The van der Waals surface area contributed by atoms with Gasteiger partial charge >= 0.3 is 0 Å². The molecule has 0 saturated carbocycles. The van der Waals surface area contributed by atoms with Gasteiger partial charge in [0.05, 0.1) is 0 Å². The van der Waals surface area contributed by atoms with Crippen LogP contribution in [0.25, 0.3) is 0 Å². The molecule has 1 atom stereocenters. The molecule has 1 unspecified atom stereocenters. The smallest absolute Gasteiger partial charge is 0.0965 e. The van der Waals surface area contributed by atoms with Crippen LogP contribution in [0.4, 0.5) is 0 Å². The van der Waals surface area contributed by atoms with Crippen LogP contribution in [0.15, 0.2) is 24.3 Å². The molecule has 0 nitrogen and oxygen atoms in total. The van der Waals surface area contributed by atoms with Gasteiger partial charge in [0.1, 0.15) is 0 Å². The first-order chi connectivity index (χ1) is 7.82. The van der Waals surface area contributed by atoms with Gasteiger partial charge in [0, 0.05) is 5.92 Å². The Kier molecular flexibility index (Phi) is 4.13. The average molecular weight is 331 g/mol. The van der Waals surface area contributed by atoms with E-state index in [0.717, 1.165) is 18.4 Å². The van der Waals surface area contributed by atoms with Crippen LogP contribution in [0.3, 0.4) is 0 Å². The molecule has 1 aromatic rings. The summed E-state index contributed by atoms with van der Waals surface area (Å²) in [5, 5.41) is 0. The summed E-state index contributed by atoms with van der Waals surface area (Å²) in [5.41, 5.74) is 2.39. The van der Waals surface area contributed by atoms with Crippen LogP contribution < -0.4 is 0 Å². The van der Waals surface area contributed by atoms with E-state index in [1.165, 1.54) is 5.56 Å². The Morgan fingerprint density at radius 3 is 2.29 bits per heavy atom. The zero-order valence-electron chi connectivity index (χ0n) is 8.77. The van der Waals surface area contributed by atoms with Crippen molar-refractivity contribution in [1.82, 2.24) is 0 Å². The number of fused-ring (bicyclic) bond motifs is 1. The van der Waals surface area contributed by atoms with Crippen molar-refractivity contribution in [2.45, 2.75) is 21.0 Å². The van der Waals surface area contributed by atoms with E-state index in [0.29, 0.717) is 0 Å². The Morgan fingerprint density at radius 2 is 1.65 bits per heavy atom. The average Bonchev–Trinajstić information content (AvgIpc) is 2.27. The highest BCUT2D eigenvalue weighted by molar-refractivity contribution is 6.75. The minimum Gasteiger partial charge on any atom is -0.0965 e. The Bertz CT molecular complexity index is 408. The van der Waals surface area contributed by atoms with Crippen LogP contribution in [0.2, 0.25) is 0 Å². The molecule has 5 heteroatoms. The van der Waals surface area contributed by atoms with E-state index in [9.17, 15) is 0 Å². The minimum absolute atomic E-state index is 0.173. The normalized spacial score (nSPS) is 21.1. The molecule has 0 spiro atoms. The molecule has 1 aliphatic carbocycles. The van der Waals surface area contributed by atoms with Crippen molar-refractivity contribution in [3.63, 3.8) is 0 Å².